The first-order valence-corrected chi connectivity index (χ1v) is 5.63. The molecule has 0 heterocycles. The van der Waals surface area contributed by atoms with Crippen molar-refractivity contribution in [2.75, 3.05) is 0 Å². The van der Waals surface area contributed by atoms with Gasteiger partial charge in [0.05, 0.1) is 5.56 Å². The number of hydrogen-bond donors (Lipinski definition) is 0. The van der Waals surface area contributed by atoms with Gasteiger partial charge in [0.2, 0.25) is 5.76 Å². The normalized spacial score (nSPS) is 10.9. The molecule has 92 valence electrons. The zero-order chi connectivity index (χ0) is 13.2. The average molecular weight is 305 g/mol. The standard InChI is InChI=1S/C12H11BrF2O2/c1-12(2,3)17-10(6-16)11-8(14)4-7(13)5-9(11)15/h4-5H,1-3H3. The van der Waals surface area contributed by atoms with Crippen LogP contribution < -0.4 is 0 Å². The Morgan fingerprint density at radius 1 is 1.29 bits per heavy atom. The molecule has 1 aromatic rings. The molecule has 0 aliphatic carbocycles. The summed E-state index contributed by atoms with van der Waals surface area (Å²) < 4.78 is 32.6. The molecule has 0 aliphatic rings. The Balaban J connectivity index is 3.28. The predicted octanol–water partition coefficient (Wildman–Crippen LogP) is 3.71. The maximum absolute atomic E-state index is 13.6. The zero-order valence-electron chi connectivity index (χ0n) is 9.61. The number of rotatable bonds is 2. The second-order valence-corrected chi connectivity index (χ2v) is 5.31. The van der Waals surface area contributed by atoms with E-state index in [1.165, 1.54) is 5.94 Å². The molecule has 0 radical (unpaired) electrons. The summed E-state index contributed by atoms with van der Waals surface area (Å²) in [5, 5.41) is 0. The Morgan fingerprint density at radius 2 is 1.76 bits per heavy atom. The van der Waals surface area contributed by atoms with Crippen LogP contribution in [-0.2, 0) is 9.53 Å². The van der Waals surface area contributed by atoms with Crippen molar-refractivity contribution in [3.8, 4) is 0 Å². The van der Waals surface area contributed by atoms with E-state index < -0.39 is 28.6 Å². The van der Waals surface area contributed by atoms with Crippen molar-refractivity contribution in [3.05, 3.63) is 33.8 Å². The van der Waals surface area contributed by atoms with E-state index in [4.69, 9.17) is 4.74 Å². The SMILES string of the molecule is CC(C)(C)OC(=C=O)c1c(F)cc(Br)cc1F. The highest BCUT2D eigenvalue weighted by atomic mass is 79.9. The van der Waals surface area contributed by atoms with Gasteiger partial charge >= 0.3 is 0 Å². The second-order valence-electron chi connectivity index (χ2n) is 4.39. The Hall–Kier alpha value is -1.19. The number of halogens is 3. The highest BCUT2D eigenvalue weighted by molar-refractivity contribution is 9.10. The van der Waals surface area contributed by atoms with Crippen molar-refractivity contribution < 1.29 is 18.3 Å². The number of benzene rings is 1. The summed E-state index contributed by atoms with van der Waals surface area (Å²) in [6.45, 7) is 5.00. The van der Waals surface area contributed by atoms with Crippen LogP contribution in [0.5, 0.6) is 0 Å². The van der Waals surface area contributed by atoms with Crippen LogP contribution >= 0.6 is 15.9 Å². The summed E-state index contributed by atoms with van der Waals surface area (Å²) in [6.07, 6.45) is 0. The summed E-state index contributed by atoms with van der Waals surface area (Å²) in [5.41, 5.74) is -1.24. The molecule has 0 unspecified atom stereocenters. The van der Waals surface area contributed by atoms with Crippen LogP contribution in [0, 0.1) is 11.6 Å². The van der Waals surface area contributed by atoms with E-state index in [1.54, 1.807) is 20.8 Å². The first-order chi connectivity index (χ1) is 7.74. The van der Waals surface area contributed by atoms with Gasteiger partial charge in [-0.15, -0.1) is 0 Å². The van der Waals surface area contributed by atoms with Crippen LogP contribution in [0.15, 0.2) is 16.6 Å². The predicted molar refractivity (Wildman–Crippen MR) is 64.0 cm³/mol. The molecule has 0 spiro atoms. The van der Waals surface area contributed by atoms with Crippen molar-refractivity contribution in [1.29, 1.82) is 0 Å². The molecular formula is C12H11BrF2O2. The number of hydrogen-bond acceptors (Lipinski definition) is 2. The van der Waals surface area contributed by atoms with Crippen LogP contribution in [0.3, 0.4) is 0 Å². The molecule has 2 nitrogen and oxygen atoms in total. The van der Waals surface area contributed by atoms with E-state index in [-0.39, 0.29) is 4.47 Å². The third-order valence-corrected chi connectivity index (χ3v) is 2.19. The molecule has 1 aromatic carbocycles. The van der Waals surface area contributed by atoms with Crippen molar-refractivity contribution in [3.63, 3.8) is 0 Å². The Kier molecular flexibility index (Phi) is 4.07. The first-order valence-electron chi connectivity index (χ1n) is 4.83. The van der Waals surface area contributed by atoms with Gasteiger partial charge in [0.15, 0.2) is 5.94 Å². The van der Waals surface area contributed by atoms with Crippen LogP contribution in [-0.4, -0.2) is 11.5 Å². The average Bonchev–Trinajstić information content (AvgIpc) is 2.12. The van der Waals surface area contributed by atoms with Gasteiger partial charge < -0.3 is 4.74 Å². The van der Waals surface area contributed by atoms with Gasteiger partial charge in [-0.3, -0.25) is 0 Å². The Bertz CT molecular complexity index is 463. The van der Waals surface area contributed by atoms with Gasteiger partial charge in [-0.25, -0.2) is 13.6 Å². The number of carbonyl (C=O) groups excluding carboxylic acids is 1. The summed E-state index contributed by atoms with van der Waals surface area (Å²) in [4.78, 5) is 10.7. The molecule has 0 N–H and O–H groups in total. The van der Waals surface area contributed by atoms with Gasteiger partial charge in [0, 0.05) is 4.47 Å². The number of ether oxygens (including phenoxy) is 1. The maximum atomic E-state index is 13.6. The van der Waals surface area contributed by atoms with E-state index in [0.717, 1.165) is 12.1 Å². The van der Waals surface area contributed by atoms with Crippen LogP contribution in [0.2, 0.25) is 0 Å². The lowest BCUT2D eigenvalue weighted by Gasteiger charge is -2.21. The minimum atomic E-state index is -0.875. The van der Waals surface area contributed by atoms with Crippen molar-refractivity contribution in [1.82, 2.24) is 0 Å². The molecule has 0 bridgehead atoms. The van der Waals surface area contributed by atoms with Crippen LogP contribution in [0.4, 0.5) is 8.78 Å². The van der Waals surface area contributed by atoms with Gasteiger partial charge in [0.25, 0.3) is 0 Å². The molecular weight excluding hydrogens is 294 g/mol. The molecule has 1 rings (SSSR count). The Labute approximate surface area is 106 Å². The molecule has 0 fully saturated rings. The van der Waals surface area contributed by atoms with Gasteiger partial charge in [-0.2, -0.15) is 0 Å². The van der Waals surface area contributed by atoms with E-state index in [0.29, 0.717) is 0 Å². The van der Waals surface area contributed by atoms with Crippen molar-refractivity contribution in [2.45, 2.75) is 26.4 Å². The lowest BCUT2D eigenvalue weighted by molar-refractivity contribution is 0.0973. The van der Waals surface area contributed by atoms with Gasteiger partial charge in [-0.05, 0) is 32.9 Å². The molecule has 17 heavy (non-hydrogen) atoms. The zero-order valence-corrected chi connectivity index (χ0v) is 11.2. The third kappa shape index (κ3) is 3.65. The summed E-state index contributed by atoms with van der Waals surface area (Å²) in [7, 11) is 0. The largest absolute Gasteiger partial charge is 0.477 e. The molecule has 0 aromatic heterocycles. The molecule has 5 heteroatoms. The molecule has 0 amide bonds. The van der Waals surface area contributed by atoms with Gasteiger partial charge in [0.1, 0.15) is 17.2 Å². The van der Waals surface area contributed by atoms with Gasteiger partial charge in [-0.1, -0.05) is 15.9 Å². The lowest BCUT2D eigenvalue weighted by Crippen LogP contribution is -2.19. The highest BCUT2D eigenvalue weighted by Gasteiger charge is 2.22. The fourth-order valence-electron chi connectivity index (χ4n) is 1.19. The Morgan fingerprint density at radius 3 is 2.12 bits per heavy atom. The van der Waals surface area contributed by atoms with Crippen molar-refractivity contribution >= 4 is 27.6 Å². The summed E-state index contributed by atoms with van der Waals surface area (Å²) in [5.74, 6) is -0.798. The van der Waals surface area contributed by atoms with E-state index in [9.17, 15) is 13.6 Å². The first kappa shape index (κ1) is 13.9. The fraction of sp³-hybridized carbons (Fsp3) is 0.333. The smallest absolute Gasteiger partial charge is 0.217 e. The molecule has 0 saturated carbocycles. The molecule has 0 atom stereocenters. The summed E-state index contributed by atoms with van der Waals surface area (Å²) >= 11 is 2.95. The molecule has 0 aliphatic heterocycles. The maximum Gasteiger partial charge on any atom is 0.217 e. The second kappa shape index (κ2) is 4.98. The lowest BCUT2D eigenvalue weighted by atomic mass is 10.1. The minimum Gasteiger partial charge on any atom is -0.477 e. The monoisotopic (exact) mass is 304 g/mol. The minimum absolute atomic E-state index is 0.247. The van der Waals surface area contributed by atoms with Crippen molar-refractivity contribution in [2.24, 2.45) is 0 Å². The highest BCUT2D eigenvalue weighted by Crippen LogP contribution is 2.27. The fourth-order valence-corrected chi connectivity index (χ4v) is 1.59. The quantitative estimate of drug-likeness (QED) is 0.615. The molecule has 0 saturated heterocycles. The van der Waals surface area contributed by atoms with E-state index >= 15 is 0 Å². The van der Waals surface area contributed by atoms with E-state index in [1.807, 2.05) is 0 Å². The van der Waals surface area contributed by atoms with Crippen LogP contribution in [0.25, 0.3) is 5.76 Å². The third-order valence-electron chi connectivity index (χ3n) is 1.73. The summed E-state index contributed by atoms with van der Waals surface area (Å²) in [6, 6.07) is 2.11. The van der Waals surface area contributed by atoms with Crippen LogP contribution in [0.1, 0.15) is 26.3 Å². The van der Waals surface area contributed by atoms with E-state index in [2.05, 4.69) is 15.9 Å². The topological polar surface area (TPSA) is 26.3 Å².